The van der Waals surface area contributed by atoms with Crippen LogP contribution in [0.5, 0.6) is 0 Å². The normalized spacial score (nSPS) is 16.9. The van der Waals surface area contributed by atoms with Gasteiger partial charge in [0.15, 0.2) is 6.04 Å². The second-order valence-corrected chi connectivity index (χ2v) is 7.95. The maximum atomic E-state index is 12.2. The van der Waals surface area contributed by atoms with Gasteiger partial charge in [0.25, 0.3) is 0 Å². The van der Waals surface area contributed by atoms with Crippen molar-refractivity contribution in [2.45, 2.75) is 32.4 Å². The number of fused-ring (bicyclic) bond motifs is 1. The molecular weight excluding hydrogens is 344 g/mol. The first-order valence-corrected chi connectivity index (χ1v) is 9.27. The second-order valence-electron chi connectivity index (χ2n) is 7.95. The number of carbonyl (C=O) groups is 2. The van der Waals surface area contributed by atoms with E-state index in [2.05, 4.69) is 0 Å². The van der Waals surface area contributed by atoms with Crippen LogP contribution in [0, 0.1) is 0 Å². The number of quaternary nitrogens is 1. The van der Waals surface area contributed by atoms with E-state index in [1.54, 1.807) is 4.90 Å². The largest absolute Gasteiger partial charge is 0.544 e. The maximum Gasteiger partial charge on any atom is 0.410 e. The van der Waals surface area contributed by atoms with E-state index >= 15 is 0 Å². The molecule has 144 valence electrons. The van der Waals surface area contributed by atoms with Crippen molar-refractivity contribution in [2.75, 3.05) is 26.2 Å². The molecule has 3 rings (SSSR count). The van der Waals surface area contributed by atoms with Crippen molar-refractivity contribution in [3.8, 4) is 0 Å². The lowest BCUT2D eigenvalue weighted by atomic mass is 9.97. The number of nitrogens with zero attached hydrogens (tertiary/aromatic N) is 1. The Kier molecular flexibility index (Phi) is 5.37. The molecule has 27 heavy (non-hydrogen) atoms. The van der Waals surface area contributed by atoms with E-state index in [0.717, 1.165) is 21.2 Å². The Hall–Kier alpha value is -2.60. The Morgan fingerprint density at radius 2 is 1.70 bits per heavy atom. The predicted molar refractivity (Wildman–Crippen MR) is 100 cm³/mol. The number of rotatable bonds is 3. The van der Waals surface area contributed by atoms with Crippen molar-refractivity contribution < 1.29 is 24.3 Å². The lowest BCUT2D eigenvalue weighted by Gasteiger charge is -2.37. The van der Waals surface area contributed by atoms with Crippen molar-refractivity contribution >= 4 is 22.8 Å². The molecule has 6 heteroatoms. The average molecular weight is 370 g/mol. The Morgan fingerprint density at radius 3 is 2.33 bits per heavy atom. The summed E-state index contributed by atoms with van der Waals surface area (Å²) in [5.74, 6) is -1.09. The first kappa shape index (κ1) is 19.2. The van der Waals surface area contributed by atoms with Crippen LogP contribution < -0.4 is 10.0 Å². The van der Waals surface area contributed by atoms with Gasteiger partial charge in [-0.25, -0.2) is 4.79 Å². The second kappa shape index (κ2) is 7.56. The van der Waals surface area contributed by atoms with Gasteiger partial charge in [0.2, 0.25) is 0 Å². The summed E-state index contributed by atoms with van der Waals surface area (Å²) in [5, 5.41) is 13.9. The fraction of sp³-hybridized carbons (Fsp3) is 0.429. The molecule has 6 nitrogen and oxygen atoms in total. The van der Waals surface area contributed by atoms with Gasteiger partial charge in [-0.15, -0.1) is 0 Å². The summed E-state index contributed by atoms with van der Waals surface area (Å²) in [6, 6.07) is 12.7. The number of piperazine rings is 1. The number of carboxylic acids is 1. The number of benzene rings is 2. The highest BCUT2D eigenvalue weighted by molar-refractivity contribution is 5.89. The Balaban J connectivity index is 1.78. The molecule has 1 heterocycles. The van der Waals surface area contributed by atoms with Crippen LogP contribution in [0.2, 0.25) is 0 Å². The average Bonchev–Trinajstić information content (AvgIpc) is 2.61. The molecule has 1 saturated heterocycles. The van der Waals surface area contributed by atoms with Gasteiger partial charge in [0.1, 0.15) is 11.6 Å². The molecule has 0 saturated carbocycles. The number of carbonyl (C=O) groups excluding carboxylic acids is 2. The van der Waals surface area contributed by atoms with Crippen LogP contribution in [0.4, 0.5) is 4.79 Å². The standard InChI is InChI=1S/C21H26N2O4/c1-21(2,3)27-20(26)23-13-11-22(12-14-23)18(19(24)25)17-10-6-8-15-7-4-5-9-16(15)17/h4-10,18H,11-14H2,1-3H3,(H,24,25)/t18-/m1/s1. The molecule has 1 atom stereocenters. The van der Waals surface area contributed by atoms with E-state index in [1.165, 1.54) is 0 Å². The zero-order chi connectivity index (χ0) is 19.6. The molecule has 2 aromatic carbocycles. The molecule has 2 aromatic rings. The third-order valence-electron chi connectivity index (χ3n) is 4.84. The van der Waals surface area contributed by atoms with Crippen molar-refractivity contribution in [3.63, 3.8) is 0 Å². The molecule has 0 unspecified atom stereocenters. The van der Waals surface area contributed by atoms with E-state index in [4.69, 9.17) is 4.74 Å². The molecule has 1 aliphatic rings. The van der Waals surface area contributed by atoms with E-state index in [1.807, 2.05) is 63.2 Å². The van der Waals surface area contributed by atoms with Gasteiger partial charge in [-0.3, -0.25) is 4.90 Å². The highest BCUT2D eigenvalue weighted by Crippen LogP contribution is 2.23. The van der Waals surface area contributed by atoms with Gasteiger partial charge in [-0.1, -0.05) is 42.5 Å². The summed E-state index contributed by atoms with van der Waals surface area (Å²) in [6.07, 6.45) is -0.350. The highest BCUT2D eigenvalue weighted by atomic mass is 16.6. The van der Waals surface area contributed by atoms with E-state index in [-0.39, 0.29) is 6.09 Å². The number of hydrogen-bond acceptors (Lipinski definition) is 4. The molecule has 0 radical (unpaired) electrons. The summed E-state index contributed by atoms with van der Waals surface area (Å²) < 4.78 is 5.41. The van der Waals surface area contributed by atoms with Gasteiger partial charge in [-0.2, -0.15) is 0 Å². The molecule has 0 spiro atoms. The van der Waals surface area contributed by atoms with Gasteiger partial charge in [0, 0.05) is 5.56 Å². The fourth-order valence-electron chi connectivity index (χ4n) is 3.61. The third kappa shape index (κ3) is 4.39. The van der Waals surface area contributed by atoms with Crippen LogP contribution in [0.25, 0.3) is 10.8 Å². The summed E-state index contributed by atoms with van der Waals surface area (Å²) >= 11 is 0. The summed E-state index contributed by atoms with van der Waals surface area (Å²) in [7, 11) is 0. The summed E-state index contributed by atoms with van der Waals surface area (Å²) in [6.45, 7) is 7.47. The van der Waals surface area contributed by atoms with E-state index in [9.17, 15) is 14.7 Å². The molecule has 0 aliphatic carbocycles. The summed E-state index contributed by atoms with van der Waals surface area (Å²) in [5.41, 5.74) is 0.214. The summed E-state index contributed by atoms with van der Waals surface area (Å²) in [4.78, 5) is 26.8. The minimum atomic E-state index is -1.09. The number of hydrogen-bond donors (Lipinski definition) is 1. The number of amides is 1. The Bertz CT molecular complexity index is 830. The van der Waals surface area contributed by atoms with Crippen LogP contribution in [0.1, 0.15) is 32.4 Å². The molecule has 1 amide bonds. The molecule has 0 bridgehead atoms. The van der Waals surface area contributed by atoms with Gasteiger partial charge in [0.05, 0.1) is 26.2 Å². The van der Waals surface area contributed by atoms with Crippen molar-refractivity contribution in [2.24, 2.45) is 0 Å². The molecular formula is C21H26N2O4. The van der Waals surface area contributed by atoms with Crippen molar-refractivity contribution in [1.82, 2.24) is 4.90 Å². The van der Waals surface area contributed by atoms with Gasteiger partial charge >= 0.3 is 6.09 Å². The van der Waals surface area contributed by atoms with Crippen molar-refractivity contribution in [3.05, 3.63) is 48.0 Å². The van der Waals surface area contributed by atoms with Crippen LogP contribution in [-0.2, 0) is 9.53 Å². The fourth-order valence-corrected chi connectivity index (χ4v) is 3.61. The lowest BCUT2D eigenvalue weighted by molar-refractivity contribution is -0.928. The number of nitrogens with one attached hydrogen (secondary N) is 1. The van der Waals surface area contributed by atoms with Crippen LogP contribution >= 0.6 is 0 Å². The number of ether oxygens (including phenoxy) is 1. The lowest BCUT2D eigenvalue weighted by Crippen LogP contribution is -3.16. The minimum Gasteiger partial charge on any atom is -0.544 e. The molecule has 1 N–H and O–H groups in total. The van der Waals surface area contributed by atoms with E-state index in [0.29, 0.717) is 26.2 Å². The van der Waals surface area contributed by atoms with Gasteiger partial charge in [-0.05, 0) is 31.5 Å². The molecule has 1 aliphatic heterocycles. The zero-order valence-corrected chi connectivity index (χ0v) is 16.0. The first-order chi connectivity index (χ1) is 12.8. The smallest absolute Gasteiger partial charge is 0.410 e. The van der Waals surface area contributed by atoms with Gasteiger partial charge < -0.3 is 19.5 Å². The quantitative estimate of drug-likeness (QED) is 0.866. The molecule has 0 aromatic heterocycles. The Labute approximate surface area is 159 Å². The number of aliphatic carboxylic acids is 1. The third-order valence-corrected chi connectivity index (χ3v) is 4.84. The molecule has 1 fully saturated rings. The zero-order valence-electron chi connectivity index (χ0n) is 16.0. The van der Waals surface area contributed by atoms with E-state index < -0.39 is 17.6 Å². The minimum absolute atomic E-state index is 0.350. The SMILES string of the molecule is CC(C)(C)OC(=O)N1CC[NH+]([C@@H](C(=O)[O-])c2cccc3ccccc23)CC1. The maximum absolute atomic E-state index is 12.2. The van der Waals surface area contributed by atoms with Crippen LogP contribution in [-0.4, -0.2) is 48.7 Å². The predicted octanol–water partition coefficient (Wildman–Crippen LogP) is 0.766. The topological polar surface area (TPSA) is 74.1 Å². The van der Waals surface area contributed by atoms with Crippen molar-refractivity contribution in [1.29, 1.82) is 0 Å². The number of carboxylic acid groups (broad SMARTS) is 1. The first-order valence-electron chi connectivity index (χ1n) is 9.27. The van der Waals surface area contributed by atoms with Crippen LogP contribution in [0.3, 0.4) is 0 Å². The highest BCUT2D eigenvalue weighted by Gasteiger charge is 2.33. The Morgan fingerprint density at radius 1 is 1.07 bits per heavy atom. The monoisotopic (exact) mass is 370 g/mol. The van der Waals surface area contributed by atoms with Crippen LogP contribution in [0.15, 0.2) is 42.5 Å².